The Bertz CT molecular complexity index is 1510. The van der Waals surface area contributed by atoms with Crippen LogP contribution in [0.5, 0.6) is 23.0 Å². The molecule has 3 aromatic rings. The van der Waals surface area contributed by atoms with Gasteiger partial charge in [-0.1, -0.05) is 37.6 Å². The monoisotopic (exact) mass is 626 g/mol. The van der Waals surface area contributed by atoms with Crippen molar-refractivity contribution in [1.29, 1.82) is 0 Å². The van der Waals surface area contributed by atoms with Gasteiger partial charge in [0.15, 0.2) is 11.5 Å². The van der Waals surface area contributed by atoms with E-state index in [1.807, 2.05) is 0 Å². The van der Waals surface area contributed by atoms with Gasteiger partial charge in [0.05, 0.1) is 0 Å². The van der Waals surface area contributed by atoms with Crippen LogP contribution >= 0.6 is 0 Å². The van der Waals surface area contributed by atoms with E-state index in [1.54, 1.807) is 37.3 Å². The van der Waals surface area contributed by atoms with E-state index in [2.05, 4.69) is 10.6 Å². The summed E-state index contributed by atoms with van der Waals surface area (Å²) in [5.74, 6) is 0.531. The lowest BCUT2D eigenvalue weighted by Gasteiger charge is -2.33. The summed E-state index contributed by atoms with van der Waals surface area (Å²) in [6.07, 6.45) is -11.2. The lowest BCUT2D eigenvalue weighted by atomic mass is 9.90. The minimum absolute atomic E-state index is 0.00551. The number of hydrogen-bond donors (Lipinski definition) is 3. The highest BCUT2D eigenvalue weighted by Gasteiger charge is 2.71. The number of aryl methyl sites for hydroxylation is 1. The molecule has 3 aromatic carbocycles. The Kier molecular flexibility index (Phi) is 9.05. The molecule has 1 aliphatic heterocycles. The van der Waals surface area contributed by atoms with Gasteiger partial charge in [-0.2, -0.15) is 26.3 Å². The average Bonchev–Trinajstić information content (AvgIpc) is 3.44. The molecule has 1 aliphatic rings. The largest absolute Gasteiger partial charge is 0.457 e. The third kappa shape index (κ3) is 6.25. The number of alkyl halides is 6. The first kappa shape index (κ1) is 32.5. The molecule has 0 fully saturated rings. The summed E-state index contributed by atoms with van der Waals surface area (Å²) in [4.78, 5) is 24.6. The van der Waals surface area contributed by atoms with E-state index in [0.29, 0.717) is 47.6 Å². The normalized spacial score (nSPS) is 14.5. The van der Waals surface area contributed by atoms with Gasteiger partial charge in [-0.25, -0.2) is 0 Å². The van der Waals surface area contributed by atoms with Crippen molar-refractivity contribution in [2.24, 2.45) is 0 Å². The summed E-state index contributed by atoms with van der Waals surface area (Å²) in [7, 11) is 0. The van der Waals surface area contributed by atoms with E-state index in [-0.39, 0.29) is 36.8 Å². The smallest absolute Gasteiger partial charge is 0.430 e. The summed E-state index contributed by atoms with van der Waals surface area (Å²) >= 11 is 0. The first-order valence-corrected chi connectivity index (χ1v) is 13.3. The minimum atomic E-state index is -6.02. The maximum absolute atomic E-state index is 13.4. The van der Waals surface area contributed by atoms with E-state index in [4.69, 9.17) is 14.2 Å². The number of benzene rings is 3. The topological polar surface area (TPSA) is 106 Å². The summed E-state index contributed by atoms with van der Waals surface area (Å²) in [5.41, 5.74) is -6.94. The minimum Gasteiger partial charge on any atom is -0.457 e. The molecule has 0 saturated heterocycles. The zero-order valence-electron chi connectivity index (χ0n) is 23.4. The molecule has 4 rings (SSSR count). The lowest BCUT2D eigenvalue weighted by molar-refractivity contribution is -0.376. The second kappa shape index (κ2) is 12.3. The summed E-state index contributed by atoms with van der Waals surface area (Å²) < 4.78 is 97.0. The van der Waals surface area contributed by atoms with Gasteiger partial charge in [-0.15, -0.1) is 0 Å². The van der Waals surface area contributed by atoms with Crippen molar-refractivity contribution in [2.45, 2.75) is 56.7 Å². The molecule has 0 spiro atoms. The highest BCUT2D eigenvalue weighted by Crippen LogP contribution is 2.50. The van der Waals surface area contributed by atoms with Gasteiger partial charge in [0.2, 0.25) is 19.1 Å². The van der Waals surface area contributed by atoms with Crippen LogP contribution in [0.25, 0.3) is 0 Å². The Balaban J connectivity index is 1.54. The highest BCUT2D eigenvalue weighted by molar-refractivity contribution is 5.89. The van der Waals surface area contributed by atoms with E-state index < -0.39 is 35.0 Å². The van der Waals surface area contributed by atoms with Gasteiger partial charge in [-0.05, 0) is 66.4 Å². The molecule has 0 aromatic heterocycles. The van der Waals surface area contributed by atoms with Gasteiger partial charge in [0.1, 0.15) is 17.0 Å². The predicted molar refractivity (Wildman–Crippen MR) is 144 cm³/mol. The van der Waals surface area contributed by atoms with Crippen LogP contribution in [0.1, 0.15) is 42.5 Å². The van der Waals surface area contributed by atoms with Crippen LogP contribution in [-0.2, 0) is 33.7 Å². The van der Waals surface area contributed by atoms with Crippen LogP contribution in [0.3, 0.4) is 0 Å². The number of nitrogens with one attached hydrogen (secondary N) is 2. The number of halogens is 6. The molecule has 1 atom stereocenters. The van der Waals surface area contributed by atoms with Gasteiger partial charge in [-0.3, -0.25) is 9.59 Å². The molecule has 2 amide bonds. The molecule has 1 heterocycles. The molecule has 0 radical (unpaired) electrons. The van der Waals surface area contributed by atoms with Crippen LogP contribution < -0.4 is 24.8 Å². The number of amides is 2. The van der Waals surface area contributed by atoms with E-state index in [0.717, 1.165) is 6.07 Å². The molecule has 8 nitrogen and oxygen atoms in total. The van der Waals surface area contributed by atoms with Crippen molar-refractivity contribution in [3.8, 4) is 23.0 Å². The number of fused-ring (bicyclic) bond motifs is 1. The van der Waals surface area contributed by atoms with Crippen LogP contribution in [0.15, 0.2) is 60.7 Å². The molecule has 0 saturated carbocycles. The molecule has 14 heteroatoms. The van der Waals surface area contributed by atoms with Crippen LogP contribution in [0.2, 0.25) is 0 Å². The lowest BCUT2D eigenvalue weighted by Crippen LogP contribution is -2.53. The third-order valence-electron chi connectivity index (χ3n) is 7.15. The number of aliphatic hydroxyl groups is 1. The quantitative estimate of drug-likeness (QED) is 0.185. The van der Waals surface area contributed by atoms with Crippen LogP contribution in [-0.4, -0.2) is 36.6 Å². The number of ether oxygens (including phenoxy) is 3. The molecule has 0 bridgehead atoms. The Hall–Kier alpha value is -4.46. The van der Waals surface area contributed by atoms with Gasteiger partial charge in [0, 0.05) is 12.1 Å². The second-order valence-electron chi connectivity index (χ2n) is 10.2. The standard InChI is InChI=1S/C30H28F6N2O6/c1-3-5-19-13-21(28(41,29(31,32)33)30(34,35)36)9-10-23(19)44-22-7-4-6-18(12-22)15-37-26(40)27(2,38-16-39)20-8-11-24-25(14-20)43-17-42-24/h4,6-14,16,41H,3,5,15,17H2,1-2H3,(H,37,40)(H,38,39). The van der Waals surface area contributed by atoms with Crippen molar-refractivity contribution in [3.63, 3.8) is 0 Å². The predicted octanol–water partition coefficient (Wildman–Crippen LogP) is 5.75. The Morgan fingerprint density at radius 2 is 1.64 bits per heavy atom. The Morgan fingerprint density at radius 3 is 2.30 bits per heavy atom. The summed E-state index contributed by atoms with van der Waals surface area (Å²) in [6, 6.07) is 13.2. The molecular weight excluding hydrogens is 598 g/mol. The fourth-order valence-corrected chi connectivity index (χ4v) is 4.67. The van der Waals surface area contributed by atoms with E-state index in [1.165, 1.54) is 19.1 Å². The van der Waals surface area contributed by atoms with Crippen LogP contribution in [0.4, 0.5) is 26.3 Å². The first-order valence-electron chi connectivity index (χ1n) is 13.3. The number of carbonyl (C=O) groups is 2. The molecule has 1 unspecified atom stereocenters. The molecular formula is C30H28F6N2O6. The second-order valence-corrected chi connectivity index (χ2v) is 10.2. The Morgan fingerprint density at radius 1 is 0.955 bits per heavy atom. The SMILES string of the molecule is CCCc1cc(C(O)(C(F)(F)F)C(F)(F)F)ccc1Oc1cccc(CNC(=O)C(C)(NC=O)c2ccc3c(c2)OCO3)c1. The van der Waals surface area contributed by atoms with Gasteiger partial charge < -0.3 is 30.0 Å². The molecule has 3 N–H and O–H groups in total. The van der Waals surface area contributed by atoms with Gasteiger partial charge >= 0.3 is 12.4 Å². The maximum Gasteiger partial charge on any atom is 0.430 e. The van der Waals surface area contributed by atoms with Crippen molar-refractivity contribution < 1.29 is 55.2 Å². The highest BCUT2D eigenvalue weighted by atomic mass is 19.4. The average molecular weight is 627 g/mol. The summed E-state index contributed by atoms with van der Waals surface area (Å²) in [5, 5.41) is 15.1. The van der Waals surface area contributed by atoms with Crippen molar-refractivity contribution >= 4 is 12.3 Å². The van der Waals surface area contributed by atoms with Gasteiger partial charge in [0.25, 0.3) is 5.60 Å². The Labute approximate surface area is 247 Å². The maximum atomic E-state index is 13.4. The molecule has 236 valence electrons. The first-order chi connectivity index (χ1) is 20.6. The number of rotatable bonds is 11. The number of hydrogen-bond acceptors (Lipinski definition) is 6. The zero-order valence-corrected chi connectivity index (χ0v) is 23.4. The number of carbonyl (C=O) groups excluding carboxylic acids is 2. The van der Waals surface area contributed by atoms with E-state index in [9.17, 15) is 41.0 Å². The molecule has 44 heavy (non-hydrogen) atoms. The van der Waals surface area contributed by atoms with Crippen LogP contribution in [0, 0.1) is 0 Å². The third-order valence-corrected chi connectivity index (χ3v) is 7.15. The van der Waals surface area contributed by atoms with Crippen molar-refractivity contribution in [2.75, 3.05) is 6.79 Å². The zero-order chi connectivity index (χ0) is 32.3. The fraction of sp³-hybridized carbons (Fsp3) is 0.333. The van der Waals surface area contributed by atoms with Crippen molar-refractivity contribution in [3.05, 3.63) is 82.9 Å². The molecule has 0 aliphatic carbocycles. The van der Waals surface area contributed by atoms with E-state index >= 15 is 0 Å². The summed E-state index contributed by atoms with van der Waals surface area (Å²) in [6.45, 7) is 3.18. The van der Waals surface area contributed by atoms with Crippen molar-refractivity contribution in [1.82, 2.24) is 10.6 Å². The fourth-order valence-electron chi connectivity index (χ4n) is 4.67.